The highest BCUT2D eigenvalue weighted by Gasteiger charge is 2.54. The lowest BCUT2D eigenvalue weighted by atomic mass is 9.81. The minimum Gasteiger partial charge on any atom is -0.481 e. The van der Waals surface area contributed by atoms with E-state index in [-0.39, 0.29) is 11.8 Å². The van der Waals surface area contributed by atoms with Crippen molar-refractivity contribution in [2.24, 2.45) is 11.3 Å². The molecule has 0 spiro atoms. The maximum atomic E-state index is 12.9. The number of nitrogens with zero attached hydrogens (tertiary/aromatic N) is 3. The van der Waals surface area contributed by atoms with Crippen LogP contribution in [0, 0.1) is 18.3 Å². The average molecular weight is 400 g/mol. The van der Waals surface area contributed by atoms with E-state index >= 15 is 0 Å². The Hall–Kier alpha value is -1.92. The summed E-state index contributed by atoms with van der Waals surface area (Å²) in [6.07, 6.45) is 3.73. The van der Waals surface area contributed by atoms with Gasteiger partial charge < -0.3 is 10.0 Å². The fraction of sp³-hybridized carbons (Fsp3) is 0.652. The SMILES string of the molecule is Cc1ccc(CN2CCCN(C(=O)CN3C[C@@H]4CCC[C@@]4(C(=O)O)C3)CC2)cc1. The second kappa shape index (κ2) is 8.44. The van der Waals surface area contributed by atoms with Gasteiger partial charge in [0.2, 0.25) is 5.91 Å². The molecule has 1 saturated carbocycles. The number of aryl methyl sites for hydroxylation is 1. The summed E-state index contributed by atoms with van der Waals surface area (Å²) in [7, 11) is 0. The van der Waals surface area contributed by atoms with E-state index in [2.05, 4.69) is 41.0 Å². The Morgan fingerprint density at radius 2 is 1.86 bits per heavy atom. The highest BCUT2D eigenvalue weighted by atomic mass is 16.4. The van der Waals surface area contributed by atoms with Gasteiger partial charge in [-0.2, -0.15) is 0 Å². The van der Waals surface area contributed by atoms with Crippen LogP contribution in [0.3, 0.4) is 0 Å². The molecule has 0 bridgehead atoms. The van der Waals surface area contributed by atoms with Gasteiger partial charge in [-0.3, -0.25) is 19.4 Å². The Bertz CT molecular complexity index is 750. The van der Waals surface area contributed by atoms with Crippen LogP contribution < -0.4 is 0 Å². The van der Waals surface area contributed by atoms with E-state index in [1.54, 1.807) is 0 Å². The molecule has 1 amide bonds. The Morgan fingerprint density at radius 1 is 1.07 bits per heavy atom. The minimum absolute atomic E-state index is 0.155. The van der Waals surface area contributed by atoms with E-state index in [9.17, 15) is 14.7 Å². The molecule has 2 atom stereocenters. The molecule has 1 N–H and O–H groups in total. The summed E-state index contributed by atoms with van der Waals surface area (Å²) in [5.41, 5.74) is 1.99. The molecule has 1 aromatic rings. The first-order valence-corrected chi connectivity index (χ1v) is 11.0. The van der Waals surface area contributed by atoms with E-state index in [0.717, 1.165) is 65.0 Å². The average Bonchev–Trinajstić information content (AvgIpc) is 3.14. The lowest BCUT2D eigenvalue weighted by Gasteiger charge is -2.26. The molecule has 6 heteroatoms. The molecule has 2 saturated heterocycles. The predicted molar refractivity (Wildman–Crippen MR) is 112 cm³/mol. The number of aliphatic carboxylic acids is 1. The summed E-state index contributed by atoms with van der Waals surface area (Å²) in [6, 6.07) is 8.67. The van der Waals surface area contributed by atoms with E-state index in [1.807, 2.05) is 4.90 Å². The molecule has 3 aliphatic rings. The van der Waals surface area contributed by atoms with Crippen molar-refractivity contribution in [3.05, 3.63) is 35.4 Å². The van der Waals surface area contributed by atoms with Crippen LogP contribution in [0.1, 0.15) is 36.8 Å². The smallest absolute Gasteiger partial charge is 0.311 e. The van der Waals surface area contributed by atoms with Gasteiger partial charge in [-0.15, -0.1) is 0 Å². The summed E-state index contributed by atoms with van der Waals surface area (Å²) in [5, 5.41) is 9.75. The molecule has 29 heavy (non-hydrogen) atoms. The van der Waals surface area contributed by atoms with Crippen LogP contribution in [0.4, 0.5) is 0 Å². The van der Waals surface area contributed by atoms with Gasteiger partial charge in [-0.25, -0.2) is 0 Å². The Balaban J connectivity index is 1.29. The molecular formula is C23H33N3O3. The van der Waals surface area contributed by atoms with Crippen LogP contribution in [-0.4, -0.2) is 77.5 Å². The van der Waals surface area contributed by atoms with Crippen molar-refractivity contribution < 1.29 is 14.7 Å². The first kappa shape index (κ1) is 20.4. The standard InChI is InChI=1S/C23H33N3O3/c1-18-5-7-19(8-6-18)14-24-10-3-11-26(13-12-24)21(27)16-25-15-20-4-2-9-23(20,17-25)22(28)29/h5-8,20H,2-4,9-17H2,1H3,(H,28,29)/t20-,23+/m0/s1. The van der Waals surface area contributed by atoms with Crippen LogP contribution in [0.5, 0.6) is 0 Å². The van der Waals surface area contributed by atoms with Gasteiger partial charge in [0.15, 0.2) is 0 Å². The van der Waals surface area contributed by atoms with E-state index in [4.69, 9.17) is 0 Å². The molecular weight excluding hydrogens is 366 g/mol. The molecule has 0 radical (unpaired) electrons. The van der Waals surface area contributed by atoms with Gasteiger partial charge >= 0.3 is 5.97 Å². The van der Waals surface area contributed by atoms with E-state index in [1.165, 1.54) is 11.1 Å². The van der Waals surface area contributed by atoms with Crippen LogP contribution in [0.15, 0.2) is 24.3 Å². The van der Waals surface area contributed by atoms with Crippen LogP contribution >= 0.6 is 0 Å². The topological polar surface area (TPSA) is 64.1 Å². The quantitative estimate of drug-likeness (QED) is 0.823. The highest BCUT2D eigenvalue weighted by Crippen LogP contribution is 2.48. The number of carbonyl (C=O) groups excluding carboxylic acids is 1. The zero-order valence-electron chi connectivity index (χ0n) is 17.5. The van der Waals surface area contributed by atoms with Crippen molar-refractivity contribution in [2.45, 2.75) is 39.2 Å². The van der Waals surface area contributed by atoms with Gasteiger partial charge in [0.05, 0.1) is 12.0 Å². The molecule has 3 fully saturated rings. The third-order valence-corrected chi connectivity index (χ3v) is 7.19. The van der Waals surface area contributed by atoms with Crippen molar-refractivity contribution in [3.8, 4) is 0 Å². The summed E-state index contributed by atoms with van der Waals surface area (Å²) < 4.78 is 0. The van der Waals surface area contributed by atoms with Crippen molar-refractivity contribution in [1.82, 2.24) is 14.7 Å². The van der Waals surface area contributed by atoms with Crippen LogP contribution in [0.2, 0.25) is 0 Å². The largest absolute Gasteiger partial charge is 0.481 e. The zero-order valence-corrected chi connectivity index (χ0v) is 17.5. The fourth-order valence-corrected chi connectivity index (χ4v) is 5.48. The first-order valence-electron chi connectivity index (χ1n) is 11.0. The van der Waals surface area contributed by atoms with Gasteiger partial charge in [0.1, 0.15) is 0 Å². The number of carboxylic acid groups (broad SMARTS) is 1. The number of fused-ring (bicyclic) bond motifs is 1. The molecule has 2 heterocycles. The number of hydrogen-bond donors (Lipinski definition) is 1. The van der Waals surface area contributed by atoms with Crippen molar-refractivity contribution in [3.63, 3.8) is 0 Å². The number of carboxylic acids is 1. The monoisotopic (exact) mass is 399 g/mol. The van der Waals surface area contributed by atoms with Crippen LogP contribution in [0.25, 0.3) is 0 Å². The second-order valence-corrected chi connectivity index (χ2v) is 9.22. The summed E-state index contributed by atoms with van der Waals surface area (Å²) >= 11 is 0. The van der Waals surface area contributed by atoms with Gasteiger partial charge in [0, 0.05) is 45.8 Å². The Kier molecular flexibility index (Phi) is 5.93. The normalized spacial score (nSPS) is 28.3. The number of rotatable bonds is 5. The third-order valence-electron chi connectivity index (χ3n) is 7.19. The zero-order chi connectivity index (χ0) is 20.4. The Labute approximate surface area is 173 Å². The van der Waals surface area contributed by atoms with Gasteiger partial charge in [0.25, 0.3) is 0 Å². The van der Waals surface area contributed by atoms with Crippen molar-refractivity contribution in [2.75, 3.05) is 45.8 Å². The van der Waals surface area contributed by atoms with Gasteiger partial charge in [-0.1, -0.05) is 36.2 Å². The molecule has 158 valence electrons. The molecule has 2 aliphatic heterocycles. The lowest BCUT2D eigenvalue weighted by molar-refractivity contribution is -0.149. The lowest BCUT2D eigenvalue weighted by Crippen LogP contribution is -2.42. The Morgan fingerprint density at radius 3 is 2.59 bits per heavy atom. The second-order valence-electron chi connectivity index (χ2n) is 9.22. The van der Waals surface area contributed by atoms with E-state index in [0.29, 0.717) is 13.1 Å². The molecule has 0 aromatic heterocycles. The summed E-state index contributed by atoms with van der Waals surface area (Å²) in [6.45, 7) is 8.13. The minimum atomic E-state index is -0.670. The molecule has 1 aromatic carbocycles. The summed E-state index contributed by atoms with van der Waals surface area (Å²) in [4.78, 5) is 31.3. The maximum Gasteiger partial charge on any atom is 0.311 e. The number of hydrogen-bond acceptors (Lipinski definition) is 4. The molecule has 0 unspecified atom stereocenters. The maximum absolute atomic E-state index is 12.9. The molecule has 4 rings (SSSR count). The fourth-order valence-electron chi connectivity index (χ4n) is 5.48. The number of benzene rings is 1. The summed E-state index contributed by atoms with van der Waals surface area (Å²) in [5.74, 6) is -0.305. The third kappa shape index (κ3) is 4.33. The van der Waals surface area contributed by atoms with E-state index < -0.39 is 11.4 Å². The predicted octanol–water partition coefficient (Wildman–Crippen LogP) is 2.22. The van der Waals surface area contributed by atoms with Gasteiger partial charge in [-0.05, 0) is 37.7 Å². The highest BCUT2D eigenvalue weighted by molar-refractivity contribution is 5.79. The number of carbonyl (C=O) groups is 2. The molecule has 6 nitrogen and oxygen atoms in total. The number of amides is 1. The number of likely N-dealkylation sites (tertiary alicyclic amines) is 1. The van der Waals surface area contributed by atoms with Crippen molar-refractivity contribution >= 4 is 11.9 Å². The van der Waals surface area contributed by atoms with Crippen molar-refractivity contribution in [1.29, 1.82) is 0 Å². The van der Waals surface area contributed by atoms with Crippen LogP contribution in [-0.2, 0) is 16.1 Å². The molecule has 1 aliphatic carbocycles. The first-order chi connectivity index (χ1) is 14.0.